The van der Waals surface area contributed by atoms with E-state index in [1.807, 2.05) is 6.92 Å². The largest absolute Gasteiger partial charge is 0.362 e. The highest BCUT2D eigenvalue weighted by Gasteiger charge is 2.25. The lowest BCUT2D eigenvalue weighted by Crippen LogP contribution is -2.20. The van der Waals surface area contributed by atoms with Crippen LogP contribution in [0.1, 0.15) is 39.3 Å². The minimum absolute atomic E-state index is 0.0961. The molecule has 0 fully saturated rings. The Bertz CT molecular complexity index is 396. The fourth-order valence-electron chi connectivity index (χ4n) is 1.85. The Labute approximate surface area is 101 Å². The maximum absolute atomic E-state index is 11.0. The van der Waals surface area contributed by atoms with Gasteiger partial charge in [0.05, 0.1) is 4.92 Å². The first kappa shape index (κ1) is 13.5. The number of anilines is 1. The van der Waals surface area contributed by atoms with Gasteiger partial charge in [-0.25, -0.2) is 4.68 Å². The van der Waals surface area contributed by atoms with Crippen LogP contribution in [0.5, 0.6) is 0 Å². The molecule has 0 saturated carbocycles. The van der Waals surface area contributed by atoms with Crippen molar-refractivity contribution in [1.82, 2.24) is 9.78 Å². The van der Waals surface area contributed by atoms with Crippen molar-refractivity contribution in [3.8, 4) is 0 Å². The van der Waals surface area contributed by atoms with E-state index in [1.165, 1.54) is 0 Å². The minimum atomic E-state index is -0.362. The summed E-state index contributed by atoms with van der Waals surface area (Å²) in [5, 5.41) is 18.5. The molecule has 0 atom stereocenters. The van der Waals surface area contributed by atoms with Crippen LogP contribution in [-0.4, -0.2) is 20.7 Å². The van der Waals surface area contributed by atoms with E-state index in [0.717, 1.165) is 12.8 Å². The lowest BCUT2D eigenvalue weighted by molar-refractivity contribution is -0.384. The quantitative estimate of drug-likeness (QED) is 0.613. The summed E-state index contributed by atoms with van der Waals surface area (Å²) in [4.78, 5) is 10.7. The van der Waals surface area contributed by atoms with Crippen molar-refractivity contribution in [3.63, 3.8) is 0 Å². The number of nitrogens with one attached hydrogen (secondary N) is 1. The third-order valence-electron chi connectivity index (χ3n) is 2.90. The molecule has 0 aliphatic carbocycles. The average Bonchev–Trinajstić information content (AvgIpc) is 2.62. The molecule has 0 saturated heterocycles. The van der Waals surface area contributed by atoms with Crippen molar-refractivity contribution in [2.75, 3.05) is 5.32 Å². The fraction of sp³-hybridized carbons (Fsp3) is 0.727. The molecular weight excluding hydrogens is 220 g/mol. The fourth-order valence-corrected chi connectivity index (χ4v) is 1.85. The monoisotopic (exact) mass is 240 g/mol. The van der Waals surface area contributed by atoms with Crippen LogP contribution in [0.15, 0.2) is 0 Å². The van der Waals surface area contributed by atoms with E-state index in [-0.39, 0.29) is 16.7 Å². The zero-order chi connectivity index (χ0) is 13.0. The van der Waals surface area contributed by atoms with Crippen molar-refractivity contribution in [2.24, 2.45) is 0 Å². The smallest absolute Gasteiger partial charge is 0.333 e. The van der Waals surface area contributed by atoms with Gasteiger partial charge in [0.2, 0.25) is 5.82 Å². The second-order valence-electron chi connectivity index (χ2n) is 4.01. The number of hydrogen-bond donors (Lipinski definition) is 1. The summed E-state index contributed by atoms with van der Waals surface area (Å²) >= 11 is 0. The maximum atomic E-state index is 11.0. The topological polar surface area (TPSA) is 73.0 Å². The normalized spacial score (nSPS) is 10.9. The van der Waals surface area contributed by atoms with Crippen LogP contribution in [0.4, 0.5) is 11.5 Å². The van der Waals surface area contributed by atoms with Gasteiger partial charge in [-0.3, -0.25) is 10.1 Å². The Hall–Kier alpha value is -1.59. The molecule has 0 aliphatic rings. The molecule has 0 radical (unpaired) electrons. The van der Waals surface area contributed by atoms with Crippen LogP contribution >= 0.6 is 0 Å². The van der Waals surface area contributed by atoms with Gasteiger partial charge in [-0.05, 0) is 26.7 Å². The highest BCUT2D eigenvalue weighted by Crippen LogP contribution is 2.29. The molecule has 17 heavy (non-hydrogen) atoms. The molecule has 0 aliphatic heterocycles. The number of nitrogens with zero attached hydrogens (tertiary/aromatic N) is 3. The molecule has 0 bridgehead atoms. The number of aryl methyl sites for hydroxylation is 2. The summed E-state index contributed by atoms with van der Waals surface area (Å²) in [5.74, 6) is 0.531. The SMILES string of the molecule is CCC(CC)Nc1c([N+](=O)[O-])c(C)nn1CC. The molecule has 1 aromatic heterocycles. The number of rotatable bonds is 6. The standard InChI is InChI=1S/C11H20N4O2/c1-5-9(6-2)12-11-10(15(16)17)8(4)13-14(11)7-3/h9,12H,5-7H2,1-4H3. The van der Waals surface area contributed by atoms with E-state index >= 15 is 0 Å². The highest BCUT2D eigenvalue weighted by molar-refractivity contribution is 5.60. The third kappa shape index (κ3) is 2.75. The van der Waals surface area contributed by atoms with Crippen LogP contribution in [0.25, 0.3) is 0 Å². The molecule has 96 valence electrons. The first-order chi connectivity index (χ1) is 8.04. The van der Waals surface area contributed by atoms with E-state index in [9.17, 15) is 10.1 Å². The van der Waals surface area contributed by atoms with Crippen LogP contribution < -0.4 is 5.32 Å². The van der Waals surface area contributed by atoms with Gasteiger partial charge < -0.3 is 5.32 Å². The molecule has 1 heterocycles. The van der Waals surface area contributed by atoms with Crippen molar-refractivity contribution >= 4 is 11.5 Å². The Morgan fingerprint density at radius 2 is 2.00 bits per heavy atom. The van der Waals surface area contributed by atoms with E-state index < -0.39 is 0 Å². The summed E-state index contributed by atoms with van der Waals surface area (Å²) in [6.07, 6.45) is 1.86. The third-order valence-corrected chi connectivity index (χ3v) is 2.90. The Morgan fingerprint density at radius 1 is 1.41 bits per heavy atom. The molecule has 6 nitrogen and oxygen atoms in total. The van der Waals surface area contributed by atoms with Crippen molar-refractivity contribution < 1.29 is 4.92 Å². The van der Waals surface area contributed by atoms with Gasteiger partial charge in [0.15, 0.2) is 0 Å². The summed E-state index contributed by atoms with van der Waals surface area (Å²) in [6.45, 7) is 8.34. The van der Waals surface area contributed by atoms with Crippen molar-refractivity contribution in [1.29, 1.82) is 0 Å². The maximum Gasteiger partial charge on any atom is 0.333 e. The van der Waals surface area contributed by atoms with Gasteiger partial charge in [0, 0.05) is 12.6 Å². The van der Waals surface area contributed by atoms with Crippen LogP contribution in [-0.2, 0) is 6.54 Å². The molecule has 0 aromatic carbocycles. The Balaban J connectivity index is 3.14. The summed E-state index contributed by atoms with van der Waals surface area (Å²) in [6, 6.07) is 0.245. The van der Waals surface area contributed by atoms with Crippen LogP contribution in [0.2, 0.25) is 0 Å². The number of aromatic nitrogens is 2. The molecular formula is C11H20N4O2. The average molecular weight is 240 g/mol. The zero-order valence-electron chi connectivity index (χ0n) is 10.9. The summed E-state index contributed by atoms with van der Waals surface area (Å²) in [7, 11) is 0. The van der Waals surface area contributed by atoms with Crippen molar-refractivity contribution in [2.45, 2.75) is 53.1 Å². The molecule has 0 unspecified atom stereocenters. The number of hydrogen-bond acceptors (Lipinski definition) is 4. The van der Waals surface area contributed by atoms with E-state index in [1.54, 1.807) is 11.6 Å². The second kappa shape index (κ2) is 5.65. The first-order valence-electron chi connectivity index (χ1n) is 6.03. The molecule has 1 rings (SSSR count). The van der Waals surface area contributed by atoms with Crippen molar-refractivity contribution in [3.05, 3.63) is 15.8 Å². The van der Waals surface area contributed by atoms with E-state index in [4.69, 9.17) is 0 Å². The second-order valence-corrected chi connectivity index (χ2v) is 4.01. The zero-order valence-corrected chi connectivity index (χ0v) is 10.9. The Kier molecular flexibility index (Phi) is 4.48. The molecule has 1 aromatic rings. The molecule has 1 N–H and O–H groups in total. The first-order valence-corrected chi connectivity index (χ1v) is 6.03. The Morgan fingerprint density at radius 3 is 2.41 bits per heavy atom. The molecule has 6 heteroatoms. The van der Waals surface area contributed by atoms with Crippen LogP contribution in [0, 0.1) is 17.0 Å². The number of nitro groups is 1. The van der Waals surface area contributed by atoms with Gasteiger partial charge in [-0.15, -0.1) is 0 Å². The lowest BCUT2D eigenvalue weighted by atomic mass is 10.2. The molecule has 0 spiro atoms. The highest BCUT2D eigenvalue weighted by atomic mass is 16.6. The lowest BCUT2D eigenvalue weighted by Gasteiger charge is -2.16. The van der Waals surface area contributed by atoms with Gasteiger partial charge in [-0.2, -0.15) is 5.10 Å². The van der Waals surface area contributed by atoms with E-state index in [0.29, 0.717) is 18.1 Å². The summed E-state index contributed by atoms with van der Waals surface area (Å²) < 4.78 is 1.66. The van der Waals surface area contributed by atoms with Gasteiger partial charge in [0.1, 0.15) is 5.69 Å². The van der Waals surface area contributed by atoms with Gasteiger partial charge in [0.25, 0.3) is 0 Å². The van der Waals surface area contributed by atoms with Gasteiger partial charge >= 0.3 is 5.69 Å². The molecule has 0 amide bonds. The summed E-state index contributed by atoms with van der Waals surface area (Å²) in [5.41, 5.74) is 0.559. The predicted molar refractivity (Wildman–Crippen MR) is 67.3 cm³/mol. The van der Waals surface area contributed by atoms with Crippen LogP contribution in [0.3, 0.4) is 0 Å². The van der Waals surface area contributed by atoms with Gasteiger partial charge in [-0.1, -0.05) is 13.8 Å². The predicted octanol–water partition coefficient (Wildman–Crippen LogP) is 2.72. The van der Waals surface area contributed by atoms with E-state index in [2.05, 4.69) is 24.3 Å². The minimum Gasteiger partial charge on any atom is -0.362 e.